The van der Waals surface area contributed by atoms with Crippen molar-refractivity contribution in [1.29, 1.82) is 0 Å². The van der Waals surface area contributed by atoms with Gasteiger partial charge in [0, 0.05) is 0 Å². The molecule has 1 rings (SSSR count). The SMILES string of the molecule is COc1ccc(CC(=O)N=C=O)cc1. The Morgan fingerprint density at radius 1 is 1.43 bits per heavy atom. The lowest BCUT2D eigenvalue weighted by Crippen LogP contribution is -1.98. The molecule has 1 amide bonds. The van der Waals surface area contributed by atoms with Crippen LogP contribution in [0.1, 0.15) is 5.56 Å². The van der Waals surface area contributed by atoms with Crippen LogP contribution in [0.4, 0.5) is 0 Å². The van der Waals surface area contributed by atoms with E-state index >= 15 is 0 Å². The van der Waals surface area contributed by atoms with Gasteiger partial charge in [-0.2, -0.15) is 0 Å². The van der Waals surface area contributed by atoms with Crippen molar-refractivity contribution < 1.29 is 14.3 Å². The molecular formula is C10H9NO3. The van der Waals surface area contributed by atoms with Crippen molar-refractivity contribution in [2.75, 3.05) is 7.11 Å². The molecule has 0 bridgehead atoms. The number of aliphatic imine (C=N–C) groups is 1. The standard InChI is InChI=1S/C10H9NO3/c1-14-9-4-2-8(3-5-9)6-10(13)11-7-12/h2-5H,6H2,1H3. The Hall–Kier alpha value is -1.93. The first-order valence-corrected chi connectivity index (χ1v) is 4.00. The number of amides is 1. The third-order valence-electron chi connectivity index (χ3n) is 1.68. The summed E-state index contributed by atoms with van der Waals surface area (Å²) in [4.78, 5) is 23.7. The Morgan fingerprint density at radius 2 is 2.07 bits per heavy atom. The maximum atomic E-state index is 10.9. The molecule has 14 heavy (non-hydrogen) atoms. The van der Waals surface area contributed by atoms with E-state index in [0.717, 1.165) is 11.3 Å². The highest BCUT2D eigenvalue weighted by Gasteiger charge is 2.01. The van der Waals surface area contributed by atoms with E-state index in [-0.39, 0.29) is 6.42 Å². The van der Waals surface area contributed by atoms with Crippen LogP contribution in [0.25, 0.3) is 0 Å². The second-order valence-corrected chi connectivity index (χ2v) is 2.62. The number of nitrogens with zero attached hydrogens (tertiary/aromatic N) is 1. The van der Waals surface area contributed by atoms with Gasteiger partial charge in [-0.25, -0.2) is 4.79 Å². The zero-order valence-electron chi connectivity index (χ0n) is 7.69. The van der Waals surface area contributed by atoms with Gasteiger partial charge >= 0.3 is 0 Å². The van der Waals surface area contributed by atoms with Crippen molar-refractivity contribution in [3.63, 3.8) is 0 Å². The number of carbonyl (C=O) groups excluding carboxylic acids is 2. The Kier molecular flexibility index (Phi) is 3.58. The molecule has 1 aromatic carbocycles. The van der Waals surface area contributed by atoms with Gasteiger partial charge in [0.05, 0.1) is 13.5 Å². The predicted octanol–water partition coefficient (Wildman–Crippen LogP) is 1.10. The van der Waals surface area contributed by atoms with Gasteiger partial charge in [-0.1, -0.05) is 12.1 Å². The Labute approximate surface area is 81.2 Å². The third kappa shape index (κ3) is 2.84. The summed E-state index contributed by atoms with van der Waals surface area (Å²) in [6, 6.07) is 6.98. The molecule has 0 saturated heterocycles. The topological polar surface area (TPSA) is 55.7 Å². The molecule has 0 aliphatic heterocycles. The highest BCUT2D eigenvalue weighted by atomic mass is 16.5. The van der Waals surface area contributed by atoms with Gasteiger partial charge in [-0.05, 0) is 17.7 Å². The van der Waals surface area contributed by atoms with Crippen LogP contribution in [0.15, 0.2) is 29.3 Å². The summed E-state index contributed by atoms with van der Waals surface area (Å²) >= 11 is 0. The smallest absolute Gasteiger partial charge is 0.260 e. The first kappa shape index (κ1) is 10.2. The minimum Gasteiger partial charge on any atom is -0.497 e. The molecule has 0 unspecified atom stereocenters. The van der Waals surface area contributed by atoms with Gasteiger partial charge in [-0.15, -0.1) is 4.99 Å². The third-order valence-corrected chi connectivity index (χ3v) is 1.68. The number of rotatable bonds is 3. The summed E-state index contributed by atoms with van der Waals surface area (Å²) in [5, 5.41) is 0. The van der Waals surface area contributed by atoms with E-state index in [1.54, 1.807) is 31.4 Å². The normalized spacial score (nSPS) is 8.93. The molecule has 0 aliphatic carbocycles. The van der Waals surface area contributed by atoms with E-state index < -0.39 is 5.91 Å². The number of ether oxygens (including phenoxy) is 1. The molecule has 0 atom stereocenters. The second-order valence-electron chi connectivity index (χ2n) is 2.62. The highest BCUT2D eigenvalue weighted by Crippen LogP contribution is 2.11. The molecule has 0 heterocycles. The van der Waals surface area contributed by atoms with Crippen molar-refractivity contribution in [1.82, 2.24) is 0 Å². The molecule has 0 radical (unpaired) electrons. The van der Waals surface area contributed by atoms with E-state index in [1.165, 1.54) is 6.08 Å². The van der Waals surface area contributed by atoms with Gasteiger partial charge in [0.15, 0.2) is 0 Å². The Bertz CT molecular complexity index is 363. The van der Waals surface area contributed by atoms with Gasteiger partial charge in [0.25, 0.3) is 5.91 Å². The fraction of sp³-hybridized carbons (Fsp3) is 0.200. The summed E-state index contributed by atoms with van der Waals surface area (Å²) in [6.45, 7) is 0. The fourth-order valence-electron chi connectivity index (χ4n) is 1.01. The molecule has 0 spiro atoms. The monoisotopic (exact) mass is 191 g/mol. The first-order valence-electron chi connectivity index (χ1n) is 4.00. The first-order chi connectivity index (χ1) is 6.76. The maximum Gasteiger partial charge on any atom is 0.260 e. The molecule has 1 aromatic rings. The largest absolute Gasteiger partial charge is 0.497 e. The van der Waals surface area contributed by atoms with Gasteiger partial charge in [-0.3, -0.25) is 4.79 Å². The number of isocyanates is 1. The lowest BCUT2D eigenvalue weighted by Gasteiger charge is -2.00. The maximum absolute atomic E-state index is 10.9. The Balaban J connectivity index is 2.68. The summed E-state index contributed by atoms with van der Waals surface area (Å²) in [5.74, 6) is 0.227. The van der Waals surface area contributed by atoms with E-state index in [9.17, 15) is 9.59 Å². The van der Waals surface area contributed by atoms with Gasteiger partial charge in [0.1, 0.15) is 5.75 Å². The van der Waals surface area contributed by atoms with Gasteiger partial charge < -0.3 is 4.74 Å². The van der Waals surface area contributed by atoms with Crippen LogP contribution in [0.3, 0.4) is 0 Å². The fourth-order valence-corrected chi connectivity index (χ4v) is 1.01. The van der Waals surface area contributed by atoms with E-state index in [1.807, 2.05) is 0 Å². The summed E-state index contributed by atoms with van der Waals surface area (Å²) in [5.41, 5.74) is 0.787. The van der Waals surface area contributed by atoms with Crippen molar-refractivity contribution in [2.45, 2.75) is 6.42 Å². The predicted molar refractivity (Wildman–Crippen MR) is 49.8 cm³/mol. The number of carbonyl (C=O) groups is 1. The lowest BCUT2D eigenvalue weighted by atomic mass is 10.1. The Morgan fingerprint density at radius 3 is 2.57 bits per heavy atom. The van der Waals surface area contributed by atoms with Crippen LogP contribution in [0, 0.1) is 0 Å². The number of hydrogen-bond acceptors (Lipinski definition) is 3. The average Bonchev–Trinajstić information content (AvgIpc) is 2.19. The quantitative estimate of drug-likeness (QED) is 0.531. The molecule has 0 aromatic heterocycles. The molecule has 72 valence electrons. The summed E-state index contributed by atoms with van der Waals surface area (Å²) in [7, 11) is 1.57. The van der Waals surface area contributed by atoms with E-state index in [2.05, 4.69) is 4.99 Å². The molecular weight excluding hydrogens is 182 g/mol. The van der Waals surface area contributed by atoms with Gasteiger partial charge in [0.2, 0.25) is 6.08 Å². The minimum absolute atomic E-state index is 0.110. The molecule has 0 fully saturated rings. The van der Waals surface area contributed by atoms with Crippen LogP contribution >= 0.6 is 0 Å². The van der Waals surface area contributed by atoms with Crippen molar-refractivity contribution in [3.8, 4) is 5.75 Å². The van der Waals surface area contributed by atoms with Crippen LogP contribution in [0.5, 0.6) is 5.75 Å². The zero-order valence-corrected chi connectivity index (χ0v) is 7.69. The van der Waals surface area contributed by atoms with Crippen LogP contribution in [0.2, 0.25) is 0 Å². The van der Waals surface area contributed by atoms with Crippen molar-refractivity contribution in [3.05, 3.63) is 29.8 Å². The van der Waals surface area contributed by atoms with Crippen LogP contribution in [-0.2, 0) is 16.0 Å². The van der Waals surface area contributed by atoms with E-state index in [4.69, 9.17) is 4.74 Å². The molecule has 0 aliphatic rings. The van der Waals surface area contributed by atoms with Crippen molar-refractivity contribution in [2.24, 2.45) is 4.99 Å². The average molecular weight is 191 g/mol. The molecule has 4 heteroatoms. The zero-order chi connectivity index (χ0) is 10.4. The van der Waals surface area contributed by atoms with E-state index in [0.29, 0.717) is 0 Å². The highest BCUT2D eigenvalue weighted by molar-refractivity contribution is 5.83. The van der Waals surface area contributed by atoms with Crippen LogP contribution < -0.4 is 4.74 Å². The van der Waals surface area contributed by atoms with Crippen molar-refractivity contribution >= 4 is 12.0 Å². The molecule has 0 saturated carbocycles. The minimum atomic E-state index is -0.495. The number of benzene rings is 1. The summed E-state index contributed by atoms with van der Waals surface area (Å²) < 4.78 is 4.95. The number of methoxy groups -OCH3 is 1. The second kappa shape index (κ2) is 4.94. The molecule has 0 N–H and O–H groups in total. The van der Waals surface area contributed by atoms with Crippen LogP contribution in [-0.4, -0.2) is 19.1 Å². The molecule has 4 nitrogen and oxygen atoms in total. The lowest BCUT2D eigenvalue weighted by molar-refractivity contribution is -0.117. The summed E-state index contributed by atoms with van der Waals surface area (Å²) in [6.07, 6.45) is 1.32. The number of hydrogen-bond donors (Lipinski definition) is 0.